The molecule has 0 amide bonds. The molecule has 0 atom stereocenters. The number of hydrogen-bond acceptors (Lipinski definition) is 4. The highest BCUT2D eigenvalue weighted by atomic mass is 79.9. The number of aromatic carboxylic acids is 1. The van der Waals surface area contributed by atoms with E-state index in [0.717, 1.165) is 5.56 Å². The summed E-state index contributed by atoms with van der Waals surface area (Å²) in [6, 6.07) is 11.9. The molecule has 2 aromatic carbocycles. The zero-order valence-electron chi connectivity index (χ0n) is 14.2. The van der Waals surface area contributed by atoms with Crippen LogP contribution in [0.1, 0.15) is 36.7 Å². The van der Waals surface area contributed by atoms with E-state index >= 15 is 0 Å². The summed E-state index contributed by atoms with van der Waals surface area (Å²) >= 11 is 3.18. The molecule has 25 heavy (non-hydrogen) atoms. The molecule has 1 N–H and O–H groups in total. The molecule has 0 aromatic heterocycles. The Labute approximate surface area is 154 Å². The second-order valence-corrected chi connectivity index (χ2v) is 7.40. The number of carbonyl (C=O) groups excluding carboxylic acids is 1. The Bertz CT molecular complexity index is 775. The van der Waals surface area contributed by atoms with Gasteiger partial charge in [0.2, 0.25) is 0 Å². The number of esters is 1. The van der Waals surface area contributed by atoms with E-state index < -0.39 is 11.9 Å². The monoisotopic (exact) mass is 406 g/mol. The molecule has 0 spiro atoms. The molecule has 2 rings (SSSR count). The summed E-state index contributed by atoms with van der Waals surface area (Å²) in [5.74, 6) is -1.33. The third-order valence-electron chi connectivity index (χ3n) is 3.47. The van der Waals surface area contributed by atoms with Crippen molar-refractivity contribution in [1.82, 2.24) is 0 Å². The molecule has 0 fully saturated rings. The fraction of sp³-hybridized carbons (Fsp3) is 0.263. The molecule has 132 valence electrons. The maximum absolute atomic E-state index is 11.9. The van der Waals surface area contributed by atoms with Gasteiger partial charge in [-0.25, -0.2) is 9.59 Å². The normalized spacial score (nSPS) is 11.0. The Kier molecular flexibility index (Phi) is 5.85. The van der Waals surface area contributed by atoms with Crippen molar-refractivity contribution in [3.05, 3.63) is 58.1 Å². The molecule has 5 nitrogen and oxygen atoms in total. The van der Waals surface area contributed by atoms with Crippen molar-refractivity contribution in [1.29, 1.82) is 0 Å². The van der Waals surface area contributed by atoms with Gasteiger partial charge in [0.25, 0.3) is 0 Å². The Morgan fingerprint density at radius 3 is 2.28 bits per heavy atom. The lowest BCUT2D eigenvalue weighted by atomic mass is 9.87. The fourth-order valence-electron chi connectivity index (χ4n) is 2.10. The van der Waals surface area contributed by atoms with E-state index in [1.165, 1.54) is 12.1 Å². The van der Waals surface area contributed by atoms with Gasteiger partial charge in [-0.1, -0.05) is 48.8 Å². The number of carboxylic acid groups (broad SMARTS) is 1. The summed E-state index contributed by atoms with van der Waals surface area (Å²) in [5.41, 5.74) is 1.09. The molecule has 0 saturated heterocycles. The van der Waals surface area contributed by atoms with Crippen LogP contribution >= 0.6 is 15.9 Å². The van der Waals surface area contributed by atoms with Crippen molar-refractivity contribution in [3.8, 4) is 11.5 Å². The summed E-state index contributed by atoms with van der Waals surface area (Å²) in [7, 11) is 0. The summed E-state index contributed by atoms with van der Waals surface area (Å²) < 4.78 is 11.1. The SMILES string of the molecule is CC(C)(C)c1ccc(OCC(=O)Oc2ccc(Br)cc2C(=O)O)cc1. The van der Waals surface area contributed by atoms with Crippen molar-refractivity contribution in [2.75, 3.05) is 6.61 Å². The molecule has 0 radical (unpaired) electrons. The van der Waals surface area contributed by atoms with Crippen LogP contribution in [0, 0.1) is 0 Å². The van der Waals surface area contributed by atoms with Gasteiger partial charge >= 0.3 is 11.9 Å². The Morgan fingerprint density at radius 2 is 1.72 bits per heavy atom. The number of benzene rings is 2. The van der Waals surface area contributed by atoms with Crippen LogP contribution in [-0.2, 0) is 10.2 Å². The molecule has 0 unspecified atom stereocenters. The third kappa shape index (κ3) is 5.32. The summed E-state index contributed by atoms with van der Waals surface area (Å²) in [5, 5.41) is 9.16. The van der Waals surface area contributed by atoms with Crippen molar-refractivity contribution >= 4 is 27.9 Å². The van der Waals surface area contributed by atoms with Crippen molar-refractivity contribution in [3.63, 3.8) is 0 Å². The van der Waals surface area contributed by atoms with E-state index in [4.69, 9.17) is 14.6 Å². The van der Waals surface area contributed by atoms with E-state index in [1.54, 1.807) is 18.2 Å². The van der Waals surface area contributed by atoms with Crippen LogP contribution < -0.4 is 9.47 Å². The van der Waals surface area contributed by atoms with Crippen molar-refractivity contribution in [2.45, 2.75) is 26.2 Å². The highest BCUT2D eigenvalue weighted by Crippen LogP contribution is 2.25. The molecule has 0 heterocycles. The first-order chi connectivity index (χ1) is 11.7. The van der Waals surface area contributed by atoms with Gasteiger partial charge in [0.05, 0.1) is 0 Å². The maximum Gasteiger partial charge on any atom is 0.349 e. The molecule has 0 saturated carbocycles. The van der Waals surface area contributed by atoms with Crippen molar-refractivity contribution < 1.29 is 24.2 Å². The smallest absolute Gasteiger partial charge is 0.349 e. The number of ether oxygens (including phenoxy) is 2. The van der Waals surface area contributed by atoms with Gasteiger partial charge in [-0.2, -0.15) is 0 Å². The quantitative estimate of drug-likeness (QED) is 0.587. The molecule has 0 aliphatic carbocycles. The summed E-state index contributed by atoms with van der Waals surface area (Å²) in [6.45, 7) is 6.01. The van der Waals surface area contributed by atoms with Crippen LogP contribution in [0.3, 0.4) is 0 Å². The van der Waals surface area contributed by atoms with Crippen LogP contribution in [0.15, 0.2) is 46.9 Å². The zero-order chi connectivity index (χ0) is 18.6. The fourth-order valence-corrected chi connectivity index (χ4v) is 2.46. The first kappa shape index (κ1) is 19.0. The van der Waals surface area contributed by atoms with Gasteiger partial charge in [0, 0.05) is 4.47 Å². The standard InChI is InChI=1S/C19H19BrO5/c1-19(2,3)12-4-7-14(8-5-12)24-11-17(21)25-16-9-6-13(20)10-15(16)18(22)23/h4-10H,11H2,1-3H3,(H,22,23). The van der Waals surface area contributed by atoms with Crippen LogP contribution in [0.25, 0.3) is 0 Å². The maximum atomic E-state index is 11.9. The number of carboxylic acids is 1. The molecular formula is C19H19BrO5. The second-order valence-electron chi connectivity index (χ2n) is 6.48. The number of hydrogen-bond donors (Lipinski definition) is 1. The number of halogens is 1. The zero-order valence-corrected chi connectivity index (χ0v) is 15.8. The Balaban J connectivity index is 1.99. The average Bonchev–Trinajstić information content (AvgIpc) is 2.54. The van der Waals surface area contributed by atoms with E-state index in [9.17, 15) is 9.59 Å². The second kappa shape index (κ2) is 7.70. The predicted molar refractivity (Wildman–Crippen MR) is 97.4 cm³/mol. The lowest BCUT2D eigenvalue weighted by Gasteiger charge is -2.19. The predicted octanol–water partition coefficient (Wildman–Crippen LogP) is 4.43. The topological polar surface area (TPSA) is 72.8 Å². The van der Waals surface area contributed by atoms with E-state index in [0.29, 0.717) is 10.2 Å². The first-order valence-corrected chi connectivity index (χ1v) is 8.43. The average molecular weight is 407 g/mol. The lowest BCUT2D eigenvalue weighted by molar-refractivity contribution is -0.136. The lowest BCUT2D eigenvalue weighted by Crippen LogP contribution is -2.19. The largest absolute Gasteiger partial charge is 0.482 e. The van der Waals surface area contributed by atoms with Crippen LogP contribution in [0.2, 0.25) is 0 Å². The van der Waals surface area contributed by atoms with Gasteiger partial charge < -0.3 is 14.6 Å². The minimum absolute atomic E-state index is 0.0209. The number of carbonyl (C=O) groups is 2. The van der Waals surface area contributed by atoms with Gasteiger partial charge in [0.15, 0.2) is 6.61 Å². The van der Waals surface area contributed by atoms with Crippen molar-refractivity contribution in [2.24, 2.45) is 0 Å². The Hall–Kier alpha value is -2.34. The molecule has 2 aromatic rings. The molecular weight excluding hydrogens is 388 g/mol. The van der Waals surface area contributed by atoms with Crippen LogP contribution in [0.4, 0.5) is 0 Å². The van der Waals surface area contributed by atoms with Gasteiger partial charge in [-0.15, -0.1) is 0 Å². The van der Waals surface area contributed by atoms with Gasteiger partial charge in [-0.05, 0) is 41.3 Å². The first-order valence-electron chi connectivity index (χ1n) is 7.63. The van der Waals surface area contributed by atoms with E-state index in [2.05, 4.69) is 36.7 Å². The van der Waals surface area contributed by atoms with E-state index in [-0.39, 0.29) is 23.3 Å². The molecule has 0 aliphatic rings. The van der Waals surface area contributed by atoms with Gasteiger partial charge in [0.1, 0.15) is 17.1 Å². The molecule has 0 bridgehead atoms. The number of rotatable bonds is 5. The molecule has 6 heteroatoms. The summed E-state index contributed by atoms with van der Waals surface area (Å²) in [4.78, 5) is 23.1. The highest BCUT2D eigenvalue weighted by Gasteiger charge is 2.16. The highest BCUT2D eigenvalue weighted by molar-refractivity contribution is 9.10. The molecule has 0 aliphatic heterocycles. The van der Waals surface area contributed by atoms with Crippen LogP contribution in [-0.4, -0.2) is 23.7 Å². The van der Waals surface area contributed by atoms with Crippen LogP contribution in [0.5, 0.6) is 11.5 Å². The van der Waals surface area contributed by atoms with E-state index in [1.807, 2.05) is 12.1 Å². The van der Waals surface area contributed by atoms with Gasteiger partial charge in [-0.3, -0.25) is 0 Å². The minimum atomic E-state index is -1.18. The Morgan fingerprint density at radius 1 is 1.08 bits per heavy atom. The minimum Gasteiger partial charge on any atom is -0.482 e. The third-order valence-corrected chi connectivity index (χ3v) is 3.97. The summed E-state index contributed by atoms with van der Waals surface area (Å²) in [6.07, 6.45) is 0.